The number of hydrogen-bond donors (Lipinski definition) is 5. The van der Waals surface area contributed by atoms with Crippen molar-refractivity contribution < 1.29 is 33.2 Å². The molecule has 0 bridgehead atoms. The molecular weight excluding hydrogens is 425 g/mol. The van der Waals surface area contributed by atoms with E-state index in [2.05, 4.69) is 26.6 Å². The van der Waals surface area contributed by atoms with Crippen LogP contribution in [0.5, 0.6) is 0 Å². The van der Waals surface area contributed by atoms with Crippen LogP contribution in [-0.4, -0.2) is 67.5 Å². The highest BCUT2D eigenvalue weighted by Crippen LogP contribution is 2.06. The number of carbonyl (C=O) groups excluding carboxylic acids is 6. The minimum atomic E-state index is -1.12. The molecular formula is C20H22FN5O6. The molecule has 11 nitrogen and oxygen atoms in total. The number of benzene rings is 1. The van der Waals surface area contributed by atoms with Gasteiger partial charge in [0.2, 0.25) is 29.5 Å². The zero-order valence-corrected chi connectivity index (χ0v) is 16.9. The summed E-state index contributed by atoms with van der Waals surface area (Å²) < 4.78 is 13.1. The van der Waals surface area contributed by atoms with Gasteiger partial charge in [0.1, 0.15) is 24.2 Å². The zero-order chi connectivity index (χ0) is 23.5. The van der Waals surface area contributed by atoms with Gasteiger partial charge in [0.05, 0.1) is 13.1 Å². The quantitative estimate of drug-likeness (QED) is 0.321. The maximum Gasteiger partial charge on any atom is 0.244 e. The number of hydrogen-bond acceptors (Lipinski definition) is 6. The van der Waals surface area contributed by atoms with E-state index in [1.165, 1.54) is 24.3 Å². The Hall–Kier alpha value is -4.09. The van der Waals surface area contributed by atoms with Gasteiger partial charge in [-0.3, -0.25) is 24.0 Å². The second kappa shape index (κ2) is 11.9. The van der Waals surface area contributed by atoms with Crippen molar-refractivity contribution in [1.29, 1.82) is 0 Å². The molecule has 32 heavy (non-hydrogen) atoms. The normalized spacial score (nSPS) is 22.3. The summed E-state index contributed by atoms with van der Waals surface area (Å²) in [5, 5.41) is 11.7. The molecule has 0 saturated carbocycles. The van der Waals surface area contributed by atoms with E-state index >= 15 is 0 Å². The molecule has 1 aliphatic heterocycles. The van der Waals surface area contributed by atoms with Crippen LogP contribution >= 0.6 is 0 Å². The first-order valence-electron chi connectivity index (χ1n) is 9.56. The fourth-order valence-electron chi connectivity index (χ4n) is 2.63. The summed E-state index contributed by atoms with van der Waals surface area (Å²) in [4.78, 5) is 71.4. The van der Waals surface area contributed by atoms with Gasteiger partial charge in [0, 0.05) is 25.1 Å². The van der Waals surface area contributed by atoms with E-state index in [0.717, 1.165) is 12.2 Å². The van der Waals surface area contributed by atoms with Crippen LogP contribution in [0.15, 0.2) is 36.4 Å². The van der Waals surface area contributed by atoms with E-state index in [9.17, 15) is 33.2 Å². The molecule has 0 aromatic heterocycles. The van der Waals surface area contributed by atoms with Crippen molar-refractivity contribution in [1.82, 2.24) is 26.6 Å². The average Bonchev–Trinajstić information content (AvgIpc) is 2.77. The van der Waals surface area contributed by atoms with E-state index in [4.69, 9.17) is 0 Å². The third-order valence-corrected chi connectivity index (χ3v) is 4.25. The van der Waals surface area contributed by atoms with Gasteiger partial charge in [-0.15, -0.1) is 0 Å². The molecule has 0 radical (unpaired) electrons. The number of carbonyl (C=O) groups is 6. The number of halogens is 1. The summed E-state index contributed by atoms with van der Waals surface area (Å²) in [5.41, 5.74) is 0.549. The Morgan fingerprint density at radius 2 is 1.50 bits per heavy atom. The summed E-state index contributed by atoms with van der Waals surface area (Å²) >= 11 is 0. The van der Waals surface area contributed by atoms with Crippen LogP contribution in [0.25, 0.3) is 0 Å². The number of amides is 5. The lowest BCUT2D eigenvalue weighted by Gasteiger charge is -2.19. The van der Waals surface area contributed by atoms with Crippen LogP contribution in [0.3, 0.4) is 0 Å². The Balaban J connectivity index is 2.16. The van der Waals surface area contributed by atoms with Crippen molar-refractivity contribution in [3.05, 3.63) is 47.8 Å². The molecule has 0 unspecified atom stereocenters. The first-order chi connectivity index (χ1) is 15.3. The van der Waals surface area contributed by atoms with E-state index in [1.807, 2.05) is 0 Å². The van der Waals surface area contributed by atoms with Crippen molar-refractivity contribution in [2.24, 2.45) is 0 Å². The van der Waals surface area contributed by atoms with Crippen molar-refractivity contribution >= 4 is 35.8 Å². The molecule has 0 fully saturated rings. The number of aldehydes is 1. The highest BCUT2D eigenvalue weighted by atomic mass is 19.1. The second-order valence-electron chi connectivity index (χ2n) is 6.77. The summed E-state index contributed by atoms with van der Waals surface area (Å²) in [6.07, 6.45) is 2.13. The van der Waals surface area contributed by atoms with Gasteiger partial charge in [-0.1, -0.05) is 12.1 Å². The molecule has 1 aliphatic rings. The SMILES string of the molecule is O=C[C@@H]1CNC(=O)CNC(=O)[C@H](Cc2ccc(F)cc2)NC(=O)CNC(=O)/C=C\C(=O)N1. The van der Waals surface area contributed by atoms with Crippen LogP contribution in [0.1, 0.15) is 5.56 Å². The minimum Gasteiger partial charge on any atom is -0.352 e. The fraction of sp³-hybridized carbons (Fsp3) is 0.300. The second-order valence-corrected chi connectivity index (χ2v) is 6.77. The van der Waals surface area contributed by atoms with Crippen LogP contribution in [0.4, 0.5) is 4.39 Å². The lowest BCUT2D eigenvalue weighted by Crippen LogP contribution is -2.52. The summed E-state index contributed by atoms with van der Waals surface area (Å²) in [5.74, 6) is -4.00. The first-order valence-corrected chi connectivity index (χ1v) is 9.56. The Morgan fingerprint density at radius 3 is 2.19 bits per heavy atom. The molecule has 0 saturated heterocycles. The van der Waals surface area contributed by atoms with Crippen molar-refractivity contribution in [3.63, 3.8) is 0 Å². The van der Waals surface area contributed by atoms with Crippen LogP contribution < -0.4 is 26.6 Å². The molecule has 170 valence electrons. The summed E-state index contributed by atoms with van der Waals surface area (Å²) in [7, 11) is 0. The highest BCUT2D eigenvalue weighted by molar-refractivity contribution is 5.99. The molecule has 2 rings (SSSR count). The number of nitrogens with one attached hydrogen (secondary N) is 5. The Kier molecular flexibility index (Phi) is 9.02. The molecule has 12 heteroatoms. The largest absolute Gasteiger partial charge is 0.352 e. The summed E-state index contributed by atoms with van der Waals surface area (Å²) in [6, 6.07) is 3.12. The molecule has 5 amide bonds. The van der Waals surface area contributed by atoms with Gasteiger partial charge in [0.25, 0.3) is 0 Å². The third kappa shape index (κ3) is 8.34. The molecule has 1 aromatic carbocycles. The smallest absolute Gasteiger partial charge is 0.244 e. The Bertz CT molecular complexity index is 918. The predicted octanol–water partition coefficient (Wildman–Crippen LogP) is -2.54. The molecule has 2 atom stereocenters. The average molecular weight is 447 g/mol. The van der Waals surface area contributed by atoms with Crippen LogP contribution in [0.2, 0.25) is 0 Å². The van der Waals surface area contributed by atoms with Crippen molar-refractivity contribution in [2.75, 3.05) is 19.6 Å². The standard InChI is InChI=1S/C20H22FN5O6/c21-13-3-1-12(2-4-13)7-15-20(32)24-9-18(30)22-8-14(11-27)25-17(29)6-5-16(28)23-10-19(31)26-15/h1-6,11,14-15H,7-10H2,(H,22,30)(H,23,28)(H,24,32)(H,25,29)(H,26,31)/b6-5-/t14-,15-/m0/s1. The third-order valence-electron chi connectivity index (χ3n) is 4.25. The van der Waals surface area contributed by atoms with Crippen LogP contribution in [0, 0.1) is 5.82 Å². The van der Waals surface area contributed by atoms with Gasteiger partial charge in [-0.2, -0.15) is 0 Å². The molecule has 5 N–H and O–H groups in total. The van der Waals surface area contributed by atoms with E-state index in [0.29, 0.717) is 11.8 Å². The summed E-state index contributed by atoms with van der Waals surface area (Å²) in [6.45, 7) is -1.18. The maximum absolute atomic E-state index is 13.1. The van der Waals surface area contributed by atoms with Crippen LogP contribution in [-0.2, 0) is 35.2 Å². The maximum atomic E-state index is 13.1. The van der Waals surface area contributed by atoms with Gasteiger partial charge in [-0.25, -0.2) is 4.39 Å². The van der Waals surface area contributed by atoms with Gasteiger partial charge < -0.3 is 31.4 Å². The van der Waals surface area contributed by atoms with E-state index in [1.54, 1.807) is 0 Å². The van der Waals surface area contributed by atoms with Gasteiger partial charge in [0.15, 0.2) is 0 Å². The number of rotatable bonds is 3. The highest BCUT2D eigenvalue weighted by Gasteiger charge is 2.22. The van der Waals surface area contributed by atoms with Crippen molar-refractivity contribution in [3.8, 4) is 0 Å². The molecule has 1 aromatic rings. The zero-order valence-electron chi connectivity index (χ0n) is 16.9. The van der Waals surface area contributed by atoms with Gasteiger partial charge in [-0.05, 0) is 17.7 Å². The molecule has 0 aliphatic carbocycles. The monoisotopic (exact) mass is 447 g/mol. The first kappa shape index (κ1) is 24.2. The Labute approximate surface area is 182 Å². The molecule has 1 heterocycles. The molecule has 0 spiro atoms. The Morgan fingerprint density at radius 1 is 0.844 bits per heavy atom. The van der Waals surface area contributed by atoms with Crippen molar-refractivity contribution in [2.45, 2.75) is 18.5 Å². The fourth-order valence-corrected chi connectivity index (χ4v) is 2.63. The van der Waals surface area contributed by atoms with Gasteiger partial charge >= 0.3 is 0 Å². The lowest BCUT2D eigenvalue weighted by atomic mass is 10.0. The lowest BCUT2D eigenvalue weighted by molar-refractivity contribution is -0.130. The minimum absolute atomic E-state index is 0.00103. The topological polar surface area (TPSA) is 163 Å². The predicted molar refractivity (Wildman–Crippen MR) is 108 cm³/mol. The van der Waals surface area contributed by atoms with E-state index < -0.39 is 60.5 Å². The van der Waals surface area contributed by atoms with E-state index in [-0.39, 0.29) is 13.0 Å².